The van der Waals surface area contributed by atoms with E-state index in [0.717, 1.165) is 31.9 Å². The molecule has 1 aromatic carbocycles. The maximum atomic E-state index is 5.76. The van der Waals surface area contributed by atoms with Gasteiger partial charge in [-0.2, -0.15) is 0 Å². The van der Waals surface area contributed by atoms with Crippen LogP contribution >= 0.6 is 0 Å². The third-order valence-corrected chi connectivity index (χ3v) is 3.17. The van der Waals surface area contributed by atoms with E-state index in [-0.39, 0.29) is 0 Å². The standard InChI is InChI=1S/C15H20N2O/c1-3-9-16-12-13(2)17-10-6-11-18-15-8-5-4-7-14(15)17/h1,4-5,7-8,13,16H,6,9-12H2,2H3. The van der Waals surface area contributed by atoms with E-state index >= 15 is 0 Å². The van der Waals surface area contributed by atoms with Gasteiger partial charge in [0.15, 0.2) is 0 Å². The van der Waals surface area contributed by atoms with Crippen LogP contribution in [-0.4, -0.2) is 32.3 Å². The second kappa shape index (κ2) is 6.32. The quantitative estimate of drug-likeness (QED) is 0.646. The summed E-state index contributed by atoms with van der Waals surface area (Å²) in [6, 6.07) is 8.64. The lowest BCUT2D eigenvalue weighted by Gasteiger charge is -2.30. The molecule has 1 aliphatic heterocycles. The summed E-state index contributed by atoms with van der Waals surface area (Å²) >= 11 is 0. The van der Waals surface area contributed by atoms with Crippen LogP contribution in [0.25, 0.3) is 0 Å². The van der Waals surface area contributed by atoms with Gasteiger partial charge in [0.25, 0.3) is 0 Å². The largest absolute Gasteiger partial charge is 0.491 e. The van der Waals surface area contributed by atoms with Crippen molar-refractivity contribution in [3.8, 4) is 18.1 Å². The van der Waals surface area contributed by atoms with Gasteiger partial charge in [-0.3, -0.25) is 0 Å². The second-order valence-electron chi connectivity index (χ2n) is 4.55. The zero-order valence-electron chi connectivity index (χ0n) is 10.9. The van der Waals surface area contributed by atoms with Crippen LogP contribution in [0.1, 0.15) is 13.3 Å². The molecule has 0 radical (unpaired) electrons. The average Bonchev–Trinajstić information content (AvgIpc) is 2.61. The minimum absolute atomic E-state index is 0.404. The summed E-state index contributed by atoms with van der Waals surface area (Å²) in [5.74, 6) is 3.59. The number of hydrogen-bond donors (Lipinski definition) is 1. The highest BCUT2D eigenvalue weighted by molar-refractivity contribution is 5.59. The van der Waals surface area contributed by atoms with Gasteiger partial charge in [-0.1, -0.05) is 18.1 Å². The van der Waals surface area contributed by atoms with Crippen molar-refractivity contribution in [2.75, 3.05) is 31.1 Å². The molecule has 1 heterocycles. The fourth-order valence-electron chi connectivity index (χ4n) is 2.28. The summed E-state index contributed by atoms with van der Waals surface area (Å²) < 4.78 is 5.76. The Hall–Kier alpha value is -1.66. The van der Waals surface area contributed by atoms with Gasteiger partial charge < -0.3 is 15.0 Å². The normalized spacial score (nSPS) is 16.1. The number of rotatable bonds is 4. The van der Waals surface area contributed by atoms with Crippen LogP contribution in [0.4, 0.5) is 5.69 Å². The lowest BCUT2D eigenvalue weighted by atomic mass is 10.2. The Kier molecular flexibility index (Phi) is 4.49. The summed E-state index contributed by atoms with van der Waals surface area (Å²) in [5, 5.41) is 3.26. The minimum Gasteiger partial charge on any atom is -0.491 e. The number of para-hydroxylation sites is 2. The predicted octanol–water partition coefficient (Wildman–Crippen LogP) is 1.89. The van der Waals surface area contributed by atoms with Crippen molar-refractivity contribution in [2.45, 2.75) is 19.4 Å². The van der Waals surface area contributed by atoms with Crippen molar-refractivity contribution >= 4 is 5.69 Å². The van der Waals surface area contributed by atoms with Gasteiger partial charge in [-0.25, -0.2) is 0 Å². The molecule has 2 rings (SSSR count). The Balaban J connectivity index is 2.10. The van der Waals surface area contributed by atoms with Gasteiger partial charge in [0, 0.05) is 19.1 Å². The first-order valence-electron chi connectivity index (χ1n) is 6.45. The first kappa shape index (κ1) is 12.8. The number of anilines is 1. The van der Waals surface area contributed by atoms with Crippen molar-refractivity contribution in [1.29, 1.82) is 0 Å². The van der Waals surface area contributed by atoms with Crippen LogP contribution in [-0.2, 0) is 0 Å². The maximum Gasteiger partial charge on any atom is 0.142 e. The molecule has 1 aromatic rings. The first-order valence-corrected chi connectivity index (χ1v) is 6.45. The molecule has 3 heteroatoms. The highest BCUT2D eigenvalue weighted by atomic mass is 16.5. The Bertz CT molecular complexity index is 425. The monoisotopic (exact) mass is 244 g/mol. The Labute approximate surface area is 109 Å². The minimum atomic E-state index is 0.404. The van der Waals surface area contributed by atoms with Gasteiger partial charge in [-0.05, 0) is 25.5 Å². The molecule has 18 heavy (non-hydrogen) atoms. The van der Waals surface area contributed by atoms with E-state index in [2.05, 4.69) is 35.2 Å². The molecule has 0 saturated heterocycles. The molecule has 1 N–H and O–H groups in total. The molecular weight excluding hydrogens is 224 g/mol. The number of ether oxygens (including phenoxy) is 1. The highest BCUT2D eigenvalue weighted by Gasteiger charge is 2.20. The lowest BCUT2D eigenvalue weighted by Crippen LogP contribution is -2.41. The second-order valence-corrected chi connectivity index (χ2v) is 4.55. The number of hydrogen-bond acceptors (Lipinski definition) is 3. The van der Waals surface area contributed by atoms with Crippen molar-refractivity contribution in [3.05, 3.63) is 24.3 Å². The topological polar surface area (TPSA) is 24.5 Å². The van der Waals surface area contributed by atoms with Gasteiger partial charge in [0.2, 0.25) is 0 Å². The first-order chi connectivity index (χ1) is 8.83. The van der Waals surface area contributed by atoms with E-state index in [9.17, 15) is 0 Å². The average molecular weight is 244 g/mol. The van der Waals surface area contributed by atoms with Crippen LogP contribution in [0, 0.1) is 12.3 Å². The zero-order valence-corrected chi connectivity index (χ0v) is 10.9. The Morgan fingerprint density at radius 1 is 1.50 bits per heavy atom. The van der Waals surface area contributed by atoms with Crippen LogP contribution in [0.2, 0.25) is 0 Å². The molecule has 1 aliphatic rings. The zero-order chi connectivity index (χ0) is 12.8. The van der Waals surface area contributed by atoms with E-state index in [1.165, 1.54) is 5.69 Å². The fourth-order valence-corrected chi connectivity index (χ4v) is 2.28. The smallest absolute Gasteiger partial charge is 0.142 e. The van der Waals surface area contributed by atoms with Crippen LogP contribution in [0.15, 0.2) is 24.3 Å². The third kappa shape index (κ3) is 2.96. The molecule has 0 saturated carbocycles. The van der Waals surface area contributed by atoms with E-state index in [1.54, 1.807) is 0 Å². The summed E-state index contributed by atoms with van der Waals surface area (Å²) in [5.41, 5.74) is 1.19. The fraction of sp³-hybridized carbons (Fsp3) is 0.467. The van der Waals surface area contributed by atoms with Crippen LogP contribution < -0.4 is 15.0 Å². The molecule has 1 atom stereocenters. The van der Waals surface area contributed by atoms with E-state index < -0.39 is 0 Å². The summed E-state index contributed by atoms with van der Waals surface area (Å²) in [6.45, 7) is 5.54. The Morgan fingerprint density at radius 2 is 2.33 bits per heavy atom. The highest BCUT2D eigenvalue weighted by Crippen LogP contribution is 2.31. The van der Waals surface area contributed by atoms with Gasteiger partial charge in [-0.15, -0.1) is 6.42 Å². The molecule has 0 amide bonds. The summed E-state index contributed by atoms with van der Waals surface area (Å²) in [4.78, 5) is 2.39. The molecule has 96 valence electrons. The summed E-state index contributed by atoms with van der Waals surface area (Å²) in [6.07, 6.45) is 6.30. The van der Waals surface area contributed by atoms with Crippen molar-refractivity contribution in [3.63, 3.8) is 0 Å². The molecular formula is C15H20N2O. The van der Waals surface area contributed by atoms with E-state index in [0.29, 0.717) is 12.6 Å². The third-order valence-electron chi connectivity index (χ3n) is 3.17. The molecule has 1 unspecified atom stereocenters. The predicted molar refractivity (Wildman–Crippen MR) is 75.1 cm³/mol. The number of fused-ring (bicyclic) bond motifs is 1. The molecule has 0 fully saturated rings. The lowest BCUT2D eigenvalue weighted by molar-refractivity contribution is 0.322. The SMILES string of the molecule is C#CCNCC(C)N1CCCOc2ccccc21. The molecule has 0 aromatic heterocycles. The van der Waals surface area contributed by atoms with E-state index in [4.69, 9.17) is 11.2 Å². The van der Waals surface area contributed by atoms with Crippen molar-refractivity contribution in [2.24, 2.45) is 0 Å². The number of nitrogens with one attached hydrogen (secondary N) is 1. The van der Waals surface area contributed by atoms with Crippen LogP contribution in [0.3, 0.4) is 0 Å². The van der Waals surface area contributed by atoms with Crippen molar-refractivity contribution in [1.82, 2.24) is 5.32 Å². The number of benzene rings is 1. The molecule has 3 nitrogen and oxygen atoms in total. The van der Waals surface area contributed by atoms with Gasteiger partial charge >= 0.3 is 0 Å². The van der Waals surface area contributed by atoms with Crippen molar-refractivity contribution < 1.29 is 4.74 Å². The molecule has 0 aliphatic carbocycles. The molecule has 0 spiro atoms. The number of terminal acetylenes is 1. The van der Waals surface area contributed by atoms with Crippen LogP contribution in [0.5, 0.6) is 5.75 Å². The van der Waals surface area contributed by atoms with Gasteiger partial charge in [0.1, 0.15) is 5.75 Å². The van der Waals surface area contributed by atoms with Gasteiger partial charge in [0.05, 0.1) is 18.8 Å². The maximum absolute atomic E-state index is 5.76. The van der Waals surface area contributed by atoms with E-state index in [1.807, 2.05) is 12.1 Å². The molecule has 0 bridgehead atoms. The summed E-state index contributed by atoms with van der Waals surface area (Å²) in [7, 11) is 0. The Morgan fingerprint density at radius 3 is 3.17 bits per heavy atom. The number of nitrogens with zero attached hydrogens (tertiary/aromatic N) is 1.